The van der Waals surface area contributed by atoms with Crippen molar-refractivity contribution in [2.75, 3.05) is 0 Å². The van der Waals surface area contributed by atoms with Crippen LogP contribution in [0.2, 0.25) is 0 Å². The van der Waals surface area contributed by atoms with Crippen molar-refractivity contribution in [2.24, 2.45) is 0 Å². The molecule has 5 heteroatoms. The molecule has 3 rings (SSSR count). The molecule has 0 N–H and O–H groups in total. The first kappa shape index (κ1) is 13.8. The molecule has 0 aliphatic rings. The molecule has 0 bridgehead atoms. The van der Waals surface area contributed by atoms with Gasteiger partial charge in [0.05, 0.1) is 10.4 Å². The number of nitro groups is 1. The molecule has 1 aromatic heterocycles. The Labute approximate surface area is 126 Å². The van der Waals surface area contributed by atoms with Gasteiger partial charge >= 0.3 is 0 Å². The Balaban J connectivity index is 2.14. The highest BCUT2D eigenvalue weighted by Crippen LogP contribution is 2.23. The molecule has 0 saturated heterocycles. The predicted molar refractivity (Wildman–Crippen MR) is 84.1 cm³/mol. The van der Waals surface area contributed by atoms with Crippen molar-refractivity contribution < 1.29 is 9.72 Å². The number of carbonyl (C=O) groups excluding carboxylic acids is 1. The largest absolute Gasteiger partial charge is 0.283 e. The predicted octanol–water partition coefficient (Wildman–Crippen LogP) is 3.58. The zero-order valence-corrected chi connectivity index (χ0v) is 11.5. The van der Waals surface area contributed by atoms with Crippen LogP contribution < -0.4 is 0 Å². The van der Waals surface area contributed by atoms with E-state index in [2.05, 4.69) is 0 Å². The summed E-state index contributed by atoms with van der Waals surface area (Å²) >= 11 is 0. The van der Waals surface area contributed by atoms with Gasteiger partial charge in [0.25, 0.3) is 5.91 Å². The van der Waals surface area contributed by atoms with Crippen LogP contribution in [0, 0.1) is 10.1 Å². The summed E-state index contributed by atoms with van der Waals surface area (Å²) in [4.78, 5) is 22.6. The number of aromatic nitrogens is 1. The van der Waals surface area contributed by atoms with Crippen LogP contribution in [0.15, 0.2) is 67.0 Å². The second-order valence-electron chi connectivity index (χ2n) is 4.74. The van der Waals surface area contributed by atoms with Crippen LogP contribution >= 0.6 is 0 Å². The van der Waals surface area contributed by atoms with Crippen molar-refractivity contribution in [3.63, 3.8) is 0 Å². The van der Waals surface area contributed by atoms with E-state index in [-0.39, 0.29) is 5.91 Å². The fourth-order valence-corrected chi connectivity index (χ4v) is 2.37. The molecule has 1 heterocycles. The number of benzene rings is 2. The van der Waals surface area contributed by atoms with Gasteiger partial charge in [0.1, 0.15) is 0 Å². The van der Waals surface area contributed by atoms with Crippen LogP contribution in [0.25, 0.3) is 17.0 Å². The van der Waals surface area contributed by atoms with Crippen LogP contribution in [0.3, 0.4) is 0 Å². The third-order valence-electron chi connectivity index (χ3n) is 3.36. The number of nitrogens with zero attached hydrogens (tertiary/aromatic N) is 2. The fourth-order valence-electron chi connectivity index (χ4n) is 2.37. The van der Waals surface area contributed by atoms with Gasteiger partial charge in [-0.3, -0.25) is 19.5 Å². The van der Waals surface area contributed by atoms with E-state index in [0.717, 1.165) is 17.1 Å². The van der Waals surface area contributed by atoms with Crippen molar-refractivity contribution >= 4 is 22.9 Å². The summed E-state index contributed by atoms with van der Waals surface area (Å²) in [5.74, 6) is -0.169. The summed E-state index contributed by atoms with van der Waals surface area (Å²) in [6.07, 6.45) is 3.90. The summed E-state index contributed by atoms with van der Waals surface area (Å²) in [6.45, 7) is 0. The minimum Gasteiger partial charge on any atom is -0.283 e. The van der Waals surface area contributed by atoms with E-state index in [9.17, 15) is 14.9 Å². The molecule has 3 aromatic rings. The van der Waals surface area contributed by atoms with E-state index in [1.165, 1.54) is 10.6 Å². The molecular formula is C17H12N2O3. The van der Waals surface area contributed by atoms with Crippen molar-refractivity contribution in [1.82, 2.24) is 4.57 Å². The summed E-state index contributed by atoms with van der Waals surface area (Å²) < 4.78 is 1.52. The Hall–Kier alpha value is -3.21. The minimum absolute atomic E-state index is 0.169. The Morgan fingerprint density at radius 1 is 1.05 bits per heavy atom. The van der Waals surface area contributed by atoms with Gasteiger partial charge in [-0.2, -0.15) is 0 Å². The highest BCUT2D eigenvalue weighted by Gasteiger charge is 2.14. The lowest BCUT2D eigenvalue weighted by Crippen LogP contribution is -2.10. The number of fused-ring (bicyclic) bond motifs is 1. The minimum atomic E-state index is -0.523. The van der Waals surface area contributed by atoms with Gasteiger partial charge in [-0.25, -0.2) is 0 Å². The van der Waals surface area contributed by atoms with Crippen LogP contribution in [0.4, 0.5) is 0 Å². The van der Waals surface area contributed by atoms with Crippen LogP contribution in [0.1, 0.15) is 15.9 Å². The lowest BCUT2D eigenvalue weighted by molar-refractivity contribution is -0.400. The summed E-state index contributed by atoms with van der Waals surface area (Å²) in [5.41, 5.74) is 1.92. The molecule has 0 amide bonds. The molecule has 0 radical (unpaired) electrons. The SMILES string of the molecule is O=C(c1ccccc1)n1cc(/C=C/[N+](=O)[O-])c2ccccc21. The first-order chi connectivity index (χ1) is 10.7. The molecule has 0 fully saturated rings. The first-order valence-electron chi connectivity index (χ1n) is 6.68. The van der Waals surface area contributed by atoms with Gasteiger partial charge < -0.3 is 0 Å². The Morgan fingerprint density at radius 2 is 1.73 bits per heavy atom. The standard InChI is InChI=1S/C17H12N2O3/c20-17(13-6-2-1-3-7-13)18-12-14(10-11-19(21)22)15-8-4-5-9-16(15)18/h1-12H/b11-10+. The summed E-state index contributed by atoms with van der Waals surface area (Å²) in [6, 6.07) is 16.2. The maximum atomic E-state index is 12.6. The van der Waals surface area contributed by atoms with Gasteiger partial charge in [0.15, 0.2) is 0 Å². The maximum absolute atomic E-state index is 12.6. The second kappa shape index (κ2) is 5.65. The van der Waals surface area contributed by atoms with E-state index in [4.69, 9.17) is 0 Å². The molecule has 0 unspecified atom stereocenters. The second-order valence-corrected chi connectivity index (χ2v) is 4.74. The molecule has 0 aliphatic heterocycles. The zero-order valence-electron chi connectivity index (χ0n) is 11.5. The molecule has 5 nitrogen and oxygen atoms in total. The van der Waals surface area contributed by atoms with Gasteiger partial charge in [0.2, 0.25) is 6.20 Å². The van der Waals surface area contributed by atoms with E-state index in [0.29, 0.717) is 11.1 Å². The van der Waals surface area contributed by atoms with Crippen molar-refractivity contribution in [3.05, 3.63) is 88.2 Å². The third-order valence-corrected chi connectivity index (χ3v) is 3.36. The van der Waals surface area contributed by atoms with Crippen LogP contribution in [0.5, 0.6) is 0 Å². The van der Waals surface area contributed by atoms with Crippen LogP contribution in [-0.2, 0) is 0 Å². The average Bonchev–Trinajstić information content (AvgIpc) is 2.92. The number of para-hydroxylation sites is 1. The Bertz CT molecular complexity index is 879. The molecule has 22 heavy (non-hydrogen) atoms. The highest BCUT2D eigenvalue weighted by molar-refractivity contribution is 6.04. The third kappa shape index (κ3) is 2.52. The monoisotopic (exact) mass is 292 g/mol. The van der Waals surface area contributed by atoms with E-state index in [1.807, 2.05) is 30.3 Å². The quantitative estimate of drug-likeness (QED) is 0.547. The first-order valence-corrected chi connectivity index (χ1v) is 6.68. The fraction of sp³-hybridized carbons (Fsp3) is 0. The molecule has 0 saturated carbocycles. The summed E-state index contributed by atoms with van der Waals surface area (Å²) in [5, 5.41) is 11.3. The highest BCUT2D eigenvalue weighted by atomic mass is 16.6. The number of carbonyl (C=O) groups is 1. The smallest absolute Gasteiger partial charge is 0.262 e. The number of rotatable bonds is 3. The van der Waals surface area contributed by atoms with Gasteiger partial charge in [-0.1, -0.05) is 36.4 Å². The van der Waals surface area contributed by atoms with Crippen molar-refractivity contribution in [1.29, 1.82) is 0 Å². The summed E-state index contributed by atoms with van der Waals surface area (Å²) in [7, 11) is 0. The average molecular weight is 292 g/mol. The topological polar surface area (TPSA) is 65.1 Å². The molecule has 2 aromatic carbocycles. The maximum Gasteiger partial charge on any atom is 0.262 e. The van der Waals surface area contributed by atoms with E-state index >= 15 is 0 Å². The molecular weight excluding hydrogens is 280 g/mol. The molecule has 0 aliphatic carbocycles. The van der Waals surface area contributed by atoms with Crippen molar-refractivity contribution in [2.45, 2.75) is 0 Å². The van der Waals surface area contributed by atoms with Gasteiger partial charge in [-0.15, -0.1) is 0 Å². The Kier molecular flexibility index (Phi) is 3.53. The molecule has 0 spiro atoms. The normalized spacial score (nSPS) is 11.1. The lowest BCUT2D eigenvalue weighted by atomic mass is 10.2. The van der Waals surface area contributed by atoms with Crippen LogP contribution in [-0.4, -0.2) is 15.4 Å². The van der Waals surface area contributed by atoms with E-state index in [1.54, 1.807) is 30.5 Å². The lowest BCUT2D eigenvalue weighted by Gasteiger charge is -2.03. The van der Waals surface area contributed by atoms with Gasteiger partial charge in [0, 0.05) is 28.8 Å². The van der Waals surface area contributed by atoms with Gasteiger partial charge in [-0.05, 0) is 18.2 Å². The number of hydrogen-bond acceptors (Lipinski definition) is 3. The van der Waals surface area contributed by atoms with E-state index < -0.39 is 4.92 Å². The molecule has 108 valence electrons. The zero-order chi connectivity index (χ0) is 15.5. The number of hydrogen-bond donors (Lipinski definition) is 0. The molecule has 0 atom stereocenters. The van der Waals surface area contributed by atoms with Crippen molar-refractivity contribution in [3.8, 4) is 0 Å². The Morgan fingerprint density at radius 3 is 2.45 bits per heavy atom.